The number of rotatable bonds is 4. The van der Waals surface area contributed by atoms with Crippen molar-refractivity contribution in [2.75, 3.05) is 5.43 Å². The number of nitrogens with one attached hydrogen (secondary N) is 1. The van der Waals surface area contributed by atoms with Crippen LogP contribution in [0.2, 0.25) is 5.02 Å². The van der Waals surface area contributed by atoms with Gasteiger partial charge in [-0.1, -0.05) is 28.9 Å². The number of hydrogen-bond donors (Lipinski definition) is 2. The molecular weight excluding hydrogens is 338 g/mol. The minimum Gasteiger partial charge on any atom is -0.411 e. The highest BCUT2D eigenvalue weighted by molar-refractivity contribution is 6.40. The SMILES string of the molecule is CC(=N\O)/C(C)=N/Nc1nc2ncccc2cc1-c1ccc(Cl)cc1. The Morgan fingerprint density at radius 3 is 2.60 bits per heavy atom. The predicted molar refractivity (Wildman–Crippen MR) is 102 cm³/mol. The van der Waals surface area contributed by atoms with Crippen LogP contribution in [0.3, 0.4) is 0 Å². The van der Waals surface area contributed by atoms with Crippen molar-refractivity contribution < 1.29 is 5.21 Å². The summed E-state index contributed by atoms with van der Waals surface area (Å²) in [5.41, 5.74) is 6.34. The molecule has 6 nitrogen and oxygen atoms in total. The van der Waals surface area contributed by atoms with E-state index in [0.717, 1.165) is 16.5 Å². The van der Waals surface area contributed by atoms with Gasteiger partial charge in [0.15, 0.2) is 11.5 Å². The van der Waals surface area contributed by atoms with E-state index < -0.39 is 0 Å². The molecule has 0 amide bonds. The van der Waals surface area contributed by atoms with Crippen molar-refractivity contribution in [3.8, 4) is 11.1 Å². The summed E-state index contributed by atoms with van der Waals surface area (Å²) in [6, 6.07) is 13.3. The van der Waals surface area contributed by atoms with E-state index in [0.29, 0.717) is 27.9 Å². The molecule has 0 saturated carbocycles. The highest BCUT2D eigenvalue weighted by Gasteiger charge is 2.10. The molecule has 1 aromatic carbocycles. The Bertz CT molecular complexity index is 967. The van der Waals surface area contributed by atoms with Crippen LogP contribution in [0.1, 0.15) is 13.8 Å². The van der Waals surface area contributed by atoms with Crippen molar-refractivity contribution in [2.24, 2.45) is 10.3 Å². The molecule has 0 spiro atoms. The van der Waals surface area contributed by atoms with Gasteiger partial charge in [-0.05, 0) is 49.7 Å². The first-order valence-corrected chi connectivity index (χ1v) is 7.97. The van der Waals surface area contributed by atoms with Gasteiger partial charge in [-0.3, -0.25) is 5.43 Å². The van der Waals surface area contributed by atoms with E-state index in [-0.39, 0.29) is 0 Å². The van der Waals surface area contributed by atoms with E-state index in [4.69, 9.17) is 16.8 Å². The molecule has 0 fully saturated rings. The lowest BCUT2D eigenvalue weighted by Crippen LogP contribution is -2.09. The van der Waals surface area contributed by atoms with Crippen LogP contribution < -0.4 is 5.43 Å². The maximum atomic E-state index is 8.84. The van der Waals surface area contributed by atoms with Gasteiger partial charge in [0.25, 0.3) is 0 Å². The van der Waals surface area contributed by atoms with Crippen LogP contribution in [-0.4, -0.2) is 26.6 Å². The lowest BCUT2D eigenvalue weighted by atomic mass is 10.1. The molecule has 0 aliphatic carbocycles. The second-order valence-corrected chi connectivity index (χ2v) is 5.87. The second-order valence-electron chi connectivity index (χ2n) is 5.44. The third-order valence-electron chi connectivity index (χ3n) is 3.75. The number of pyridine rings is 2. The van der Waals surface area contributed by atoms with E-state index in [1.54, 1.807) is 20.0 Å². The lowest BCUT2D eigenvalue weighted by Gasteiger charge is -2.11. The molecule has 2 aromatic heterocycles. The van der Waals surface area contributed by atoms with Crippen LogP contribution in [0.25, 0.3) is 22.2 Å². The number of hydrazone groups is 1. The number of benzene rings is 1. The summed E-state index contributed by atoms with van der Waals surface area (Å²) in [6.45, 7) is 3.40. The molecule has 0 bridgehead atoms. The number of halogens is 1. The van der Waals surface area contributed by atoms with Gasteiger partial charge in [-0.15, -0.1) is 0 Å². The molecule has 3 rings (SSSR count). The average molecular weight is 354 g/mol. The third-order valence-corrected chi connectivity index (χ3v) is 4.00. The monoisotopic (exact) mass is 353 g/mol. The summed E-state index contributed by atoms with van der Waals surface area (Å²) in [5.74, 6) is 0.554. The smallest absolute Gasteiger partial charge is 0.161 e. The van der Waals surface area contributed by atoms with E-state index in [1.165, 1.54) is 0 Å². The minimum atomic E-state index is 0.416. The highest BCUT2D eigenvalue weighted by atomic mass is 35.5. The van der Waals surface area contributed by atoms with Gasteiger partial charge >= 0.3 is 0 Å². The van der Waals surface area contributed by atoms with Gasteiger partial charge in [-0.25, -0.2) is 9.97 Å². The zero-order valence-electron chi connectivity index (χ0n) is 13.7. The summed E-state index contributed by atoms with van der Waals surface area (Å²) in [5, 5.41) is 17.8. The maximum Gasteiger partial charge on any atom is 0.161 e. The largest absolute Gasteiger partial charge is 0.411 e. The van der Waals surface area contributed by atoms with Crippen molar-refractivity contribution in [1.29, 1.82) is 0 Å². The van der Waals surface area contributed by atoms with E-state index in [2.05, 4.69) is 25.7 Å². The van der Waals surface area contributed by atoms with Gasteiger partial charge in [0.1, 0.15) is 0 Å². The van der Waals surface area contributed by atoms with Crippen molar-refractivity contribution >= 4 is 39.9 Å². The van der Waals surface area contributed by atoms with Crippen LogP contribution >= 0.6 is 11.6 Å². The van der Waals surface area contributed by atoms with Crippen LogP contribution in [-0.2, 0) is 0 Å². The molecule has 126 valence electrons. The first kappa shape index (κ1) is 16.9. The molecule has 0 aliphatic rings. The maximum absolute atomic E-state index is 8.84. The number of aromatic nitrogens is 2. The van der Waals surface area contributed by atoms with Gasteiger partial charge in [0.05, 0.1) is 11.4 Å². The molecule has 0 unspecified atom stereocenters. The molecule has 0 atom stereocenters. The Hall–Kier alpha value is -2.99. The molecular formula is C18H16ClN5O. The third kappa shape index (κ3) is 3.75. The molecule has 0 aliphatic heterocycles. The number of oxime groups is 1. The quantitative estimate of drug-likeness (QED) is 0.408. The fourth-order valence-corrected chi connectivity index (χ4v) is 2.36. The van der Waals surface area contributed by atoms with E-state index >= 15 is 0 Å². The van der Waals surface area contributed by atoms with Crippen LogP contribution in [0.15, 0.2) is 58.9 Å². The number of anilines is 1. The summed E-state index contributed by atoms with van der Waals surface area (Å²) in [7, 11) is 0. The molecule has 25 heavy (non-hydrogen) atoms. The number of nitrogens with zero attached hydrogens (tertiary/aromatic N) is 4. The zero-order chi connectivity index (χ0) is 17.8. The van der Waals surface area contributed by atoms with E-state index in [1.807, 2.05) is 42.5 Å². The summed E-state index contributed by atoms with van der Waals surface area (Å²) >= 11 is 5.99. The lowest BCUT2D eigenvalue weighted by molar-refractivity contribution is 0.320. The molecule has 7 heteroatoms. The van der Waals surface area contributed by atoms with Gasteiger partial charge in [0.2, 0.25) is 0 Å². The normalized spacial score (nSPS) is 12.4. The van der Waals surface area contributed by atoms with Gasteiger partial charge in [-0.2, -0.15) is 5.10 Å². The second kappa shape index (κ2) is 7.27. The average Bonchev–Trinajstić information content (AvgIpc) is 2.65. The van der Waals surface area contributed by atoms with E-state index in [9.17, 15) is 0 Å². The summed E-state index contributed by atoms with van der Waals surface area (Å²) in [4.78, 5) is 8.85. The minimum absolute atomic E-state index is 0.416. The Kier molecular flexibility index (Phi) is 4.90. The van der Waals surface area contributed by atoms with Crippen molar-refractivity contribution in [1.82, 2.24) is 9.97 Å². The Labute approximate surface area is 149 Å². The zero-order valence-corrected chi connectivity index (χ0v) is 14.5. The van der Waals surface area contributed by atoms with Crippen LogP contribution in [0, 0.1) is 0 Å². The molecule has 2 heterocycles. The molecule has 3 aromatic rings. The summed E-state index contributed by atoms with van der Waals surface area (Å²) < 4.78 is 0. The predicted octanol–water partition coefficient (Wildman–Crippen LogP) is 4.59. The van der Waals surface area contributed by atoms with Crippen molar-refractivity contribution in [2.45, 2.75) is 13.8 Å². The number of hydrogen-bond acceptors (Lipinski definition) is 6. The molecule has 2 N–H and O–H groups in total. The van der Waals surface area contributed by atoms with Gasteiger partial charge in [0, 0.05) is 22.2 Å². The van der Waals surface area contributed by atoms with Crippen LogP contribution in [0.4, 0.5) is 5.82 Å². The fourth-order valence-electron chi connectivity index (χ4n) is 2.23. The summed E-state index contributed by atoms with van der Waals surface area (Å²) in [6.07, 6.45) is 1.69. The number of fused-ring (bicyclic) bond motifs is 1. The molecule has 0 radical (unpaired) electrons. The Balaban J connectivity index is 2.11. The Morgan fingerprint density at radius 1 is 1.12 bits per heavy atom. The Morgan fingerprint density at radius 2 is 1.88 bits per heavy atom. The van der Waals surface area contributed by atoms with Crippen molar-refractivity contribution in [3.63, 3.8) is 0 Å². The topological polar surface area (TPSA) is 82.8 Å². The van der Waals surface area contributed by atoms with Crippen LogP contribution in [0.5, 0.6) is 0 Å². The standard InChI is InChI=1S/C18H16ClN5O/c1-11(12(2)24-25)22-23-18-16(13-5-7-15(19)8-6-13)10-14-4-3-9-20-17(14)21-18/h3-10,25H,1-2H3,(H,20,21,23)/b22-11+,24-12+. The fraction of sp³-hybridized carbons (Fsp3) is 0.111. The molecule has 0 saturated heterocycles. The first-order chi connectivity index (χ1) is 12.1. The van der Waals surface area contributed by atoms with Gasteiger partial charge < -0.3 is 5.21 Å². The highest BCUT2D eigenvalue weighted by Crippen LogP contribution is 2.30. The van der Waals surface area contributed by atoms with Crippen molar-refractivity contribution in [3.05, 3.63) is 53.7 Å². The first-order valence-electron chi connectivity index (χ1n) is 7.59.